The van der Waals surface area contributed by atoms with Gasteiger partial charge in [-0.1, -0.05) is 19.9 Å². The molecule has 1 heterocycles. The van der Waals surface area contributed by atoms with Crippen LogP contribution in [0.2, 0.25) is 0 Å². The zero-order valence-electron chi connectivity index (χ0n) is 6.72. The highest BCUT2D eigenvalue weighted by Gasteiger charge is 2.16. The maximum absolute atomic E-state index is 10.7. The van der Waals surface area contributed by atoms with Crippen LogP contribution in [-0.4, -0.2) is 5.97 Å². The van der Waals surface area contributed by atoms with Crippen molar-refractivity contribution in [2.75, 3.05) is 0 Å². The van der Waals surface area contributed by atoms with E-state index in [9.17, 15) is 4.79 Å². The molecular weight excluding hydrogens is 140 g/mol. The Morgan fingerprint density at radius 3 is 2.82 bits per heavy atom. The monoisotopic (exact) mass is 152 g/mol. The molecule has 1 rings (SSSR count). The quantitative estimate of drug-likeness (QED) is 0.579. The fourth-order valence-electron chi connectivity index (χ4n) is 1.02. The molecule has 11 heavy (non-hydrogen) atoms. The summed E-state index contributed by atoms with van der Waals surface area (Å²) >= 11 is 0. The molecule has 0 unspecified atom stereocenters. The third kappa shape index (κ3) is 1.93. The van der Waals surface area contributed by atoms with E-state index in [1.165, 1.54) is 6.08 Å². The van der Waals surface area contributed by atoms with Crippen molar-refractivity contribution in [3.63, 3.8) is 0 Å². The van der Waals surface area contributed by atoms with Crippen molar-refractivity contribution < 1.29 is 9.53 Å². The molecule has 60 valence electrons. The summed E-state index contributed by atoms with van der Waals surface area (Å²) in [6.07, 6.45) is 4.64. The Kier molecular flexibility index (Phi) is 2.47. The van der Waals surface area contributed by atoms with Crippen molar-refractivity contribution in [1.29, 1.82) is 0 Å². The van der Waals surface area contributed by atoms with E-state index in [-0.39, 0.29) is 5.97 Å². The predicted octanol–water partition coefficient (Wildman–Crippen LogP) is 2.17. The number of rotatable bonds is 3. The van der Waals surface area contributed by atoms with Crippen molar-refractivity contribution in [3.8, 4) is 0 Å². The van der Waals surface area contributed by atoms with Gasteiger partial charge in [-0.05, 0) is 12.8 Å². The molecule has 2 heteroatoms. The summed E-state index contributed by atoms with van der Waals surface area (Å²) < 4.78 is 4.74. The second-order valence-corrected chi connectivity index (χ2v) is 2.62. The van der Waals surface area contributed by atoms with Gasteiger partial charge in [0.2, 0.25) is 0 Å². The van der Waals surface area contributed by atoms with Crippen LogP contribution in [0.3, 0.4) is 0 Å². The van der Waals surface area contributed by atoms with Crippen LogP contribution in [0.5, 0.6) is 0 Å². The molecule has 0 N–H and O–H groups in total. The van der Waals surface area contributed by atoms with Gasteiger partial charge in [-0.2, -0.15) is 0 Å². The van der Waals surface area contributed by atoms with E-state index in [4.69, 9.17) is 4.74 Å². The smallest absolute Gasteiger partial charge is 0.336 e. The lowest BCUT2D eigenvalue weighted by Crippen LogP contribution is -1.89. The van der Waals surface area contributed by atoms with Gasteiger partial charge >= 0.3 is 5.97 Å². The molecule has 0 radical (unpaired) electrons. The highest BCUT2D eigenvalue weighted by molar-refractivity contribution is 5.88. The molecule has 1 aliphatic rings. The maximum atomic E-state index is 10.7. The molecule has 0 saturated heterocycles. The highest BCUT2D eigenvalue weighted by Crippen LogP contribution is 2.22. The summed E-state index contributed by atoms with van der Waals surface area (Å²) in [6.45, 7) is 5.74. The standard InChI is InChI=1S/C9H12O2/c1-3-4-5-8-6-9(10)11-7(8)2/h6H,2-5H2,1H3. The number of allylic oxidation sites excluding steroid dienone is 1. The molecule has 0 spiro atoms. The van der Waals surface area contributed by atoms with Crippen LogP contribution in [0.15, 0.2) is 24.0 Å². The normalized spacial score (nSPS) is 16.6. The maximum Gasteiger partial charge on any atom is 0.336 e. The number of hydrogen-bond acceptors (Lipinski definition) is 2. The molecule has 1 aliphatic heterocycles. The average Bonchev–Trinajstić information content (AvgIpc) is 2.26. The number of hydrogen-bond donors (Lipinski definition) is 0. The predicted molar refractivity (Wildman–Crippen MR) is 42.8 cm³/mol. The Labute approximate surface area is 66.5 Å². The Balaban J connectivity index is 2.50. The number of esters is 1. The average molecular weight is 152 g/mol. The molecule has 2 nitrogen and oxygen atoms in total. The first-order valence-corrected chi connectivity index (χ1v) is 3.85. The number of unbranched alkanes of at least 4 members (excludes halogenated alkanes) is 1. The molecule has 0 atom stereocenters. The number of cyclic esters (lactones) is 1. The van der Waals surface area contributed by atoms with Crippen LogP contribution < -0.4 is 0 Å². The lowest BCUT2D eigenvalue weighted by atomic mass is 10.1. The van der Waals surface area contributed by atoms with Crippen molar-refractivity contribution >= 4 is 5.97 Å². The number of ether oxygens (including phenoxy) is 1. The molecule has 0 aromatic heterocycles. The molecule has 0 saturated carbocycles. The first-order chi connectivity index (χ1) is 5.24. The third-order valence-corrected chi connectivity index (χ3v) is 1.67. The fourth-order valence-corrected chi connectivity index (χ4v) is 1.02. The lowest BCUT2D eigenvalue weighted by Gasteiger charge is -1.99. The van der Waals surface area contributed by atoms with E-state index < -0.39 is 0 Å². The minimum atomic E-state index is -0.277. The molecule has 0 bridgehead atoms. The van der Waals surface area contributed by atoms with Crippen LogP contribution in [0.25, 0.3) is 0 Å². The second-order valence-electron chi connectivity index (χ2n) is 2.62. The van der Waals surface area contributed by atoms with E-state index in [2.05, 4.69) is 13.5 Å². The summed E-state index contributed by atoms with van der Waals surface area (Å²) in [5.74, 6) is 0.254. The van der Waals surface area contributed by atoms with Crippen molar-refractivity contribution in [2.45, 2.75) is 26.2 Å². The van der Waals surface area contributed by atoms with Crippen molar-refractivity contribution in [3.05, 3.63) is 24.0 Å². The Hall–Kier alpha value is -1.05. The minimum Gasteiger partial charge on any atom is -0.424 e. The van der Waals surface area contributed by atoms with Gasteiger partial charge < -0.3 is 4.74 Å². The van der Waals surface area contributed by atoms with Crippen LogP contribution in [0.1, 0.15) is 26.2 Å². The van der Waals surface area contributed by atoms with E-state index in [0.717, 1.165) is 24.8 Å². The van der Waals surface area contributed by atoms with Gasteiger partial charge in [-0.3, -0.25) is 0 Å². The van der Waals surface area contributed by atoms with Gasteiger partial charge in [0.1, 0.15) is 5.76 Å². The van der Waals surface area contributed by atoms with Crippen LogP contribution in [-0.2, 0) is 9.53 Å². The number of carbonyl (C=O) groups is 1. The zero-order valence-corrected chi connectivity index (χ0v) is 6.72. The van der Waals surface area contributed by atoms with E-state index in [1.807, 2.05) is 0 Å². The van der Waals surface area contributed by atoms with Gasteiger partial charge in [0, 0.05) is 11.6 Å². The Morgan fingerprint density at radius 2 is 2.36 bits per heavy atom. The minimum absolute atomic E-state index is 0.277. The van der Waals surface area contributed by atoms with E-state index >= 15 is 0 Å². The first kappa shape index (κ1) is 8.05. The third-order valence-electron chi connectivity index (χ3n) is 1.67. The first-order valence-electron chi connectivity index (χ1n) is 3.85. The van der Waals surface area contributed by atoms with Gasteiger partial charge in [-0.25, -0.2) is 4.79 Å². The van der Waals surface area contributed by atoms with Crippen LogP contribution >= 0.6 is 0 Å². The molecule has 0 amide bonds. The van der Waals surface area contributed by atoms with Crippen LogP contribution in [0.4, 0.5) is 0 Å². The Morgan fingerprint density at radius 1 is 1.64 bits per heavy atom. The van der Waals surface area contributed by atoms with Gasteiger partial charge in [0.25, 0.3) is 0 Å². The van der Waals surface area contributed by atoms with Crippen LogP contribution in [0, 0.1) is 0 Å². The van der Waals surface area contributed by atoms with Crippen molar-refractivity contribution in [2.24, 2.45) is 0 Å². The summed E-state index contributed by atoms with van der Waals surface area (Å²) in [5.41, 5.74) is 0.955. The zero-order chi connectivity index (χ0) is 8.27. The second kappa shape index (κ2) is 3.37. The topological polar surface area (TPSA) is 26.3 Å². The van der Waals surface area contributed by atoms with Crippen molar-refractivity contribution in [1.82, 2.24) is 0 Å². The SMILES string of the molecule is C=C1OC(=O)C=C1CCCC. The number of carbonyl (C=O) groups excluding carboxylic acids is 1. The van der Waals surface area contributed by atoms with E-state index in [1.54, 1.807) is 0 Å². The summed E-state index contributed by atoms with van der Waals surface area (Å²) in [6, 6.07) is 0. The van der Waals surface area contributed by atoms with Gasteiger partial charge in [0.15, 0.2) is 0 Å². The van der Waals surface area contributed by atoms with Gasteiger partial charge in [-0.15, -0.1) is 0 Å². The van der Waals surface area contributed by atoms with Gasteiger partial charge in [0.05, 0.1) is 0 Å². The molecule has 0 aromatic carbocycles. The molecule has 0 aromatic rings. The van der Waals surface area contributed by atoms with E-state index in [0.29, 0.717) is 5.76 Å². The fraction of sp³-hybridized carbons (Fsp3) is 0.444. The largest absolute Gasteiger partial charge is 0.424 e. The molecule has 0 fully saturated rings. The molecular formula is C9H12O2. The highest BCUT2D eigenvalue weighted by atomic mass is 16.5. The summed E-state index contributed by atoms with van der Waals surface area (Å²) in [7, 11) is 0. The summed E-state index contributed by atoms with van der Waals surface area (Å²) in [4.78, 5) is 10.7. The summed E-state index contributed by atoms with van der Waals surface area (Å²) in [5, 5.41) is 0. The Bertz CT molecular complexity index is 214. The molecule has 0 aliphatic carbocycles. The lowest BCUT2D eigenvalue weighted by molar-refractivity contribution is -0.132.